The predicted molar refractivity (Wildman–Crippen MR) is 87.3 cm³/mol. The second kappa shape index (κ2) is 10.0. The molecule has 1 rings (SSSR count). The third-order valence-electron chi connectivity index (χ3n) is 3.25. The van der Waals surface area contributed by atoms with E-state index in [4.69, 9.17) is 9.47 Å². The molecule has 0 aliphatic carbocycles. The molecule has 0 saturated carbocycles. The number of hydrogen-bond acceptors (Lipinski definition) is 4. The van der Waals surface area contributed by atoms with E-state index in [2.05, 4.69) is 15.5 Å². The lowest BCUT2D eigenvalue weighted by molar-refractivity contribution is 0.194. The summed E-state index contributed by atoms with van der Waals surface area (Å²) in [6, 6.07) is 7.88. The number of amides is 2. The van der Waals surface area contributed by atoms with Crippen molar-refractivity contribution in [1.82, 2.24) is 15.5 Å². The fourth-order valence-electron chi connectivity index (χ4n) is 2.07. The van der Waals surface area contributed by atoms with Crippen LogP contribution in [0.5, 0.6) is 5.75 Å². The van der Waals surface area contributed by atoms with Crippen molar-refractivity contribution < 1.29 is 14.3 Å². The average molecular weight is 309 g/mol. The Bertz CT molecular complexity index is 435. The second-order valence-corrected chi connectivity index (χ2v) is 5.11. The Balaban J connectivity index is 2.56. The highest BCUT2D eigenvalue weighted by Gasteiger charge is 2.15. The Morgan fingerprint density at radius 1 is 1.23 bits per heavy atom. The lowest BCUT2D eigenvalue weighted by Crippen LogP contribution is -2.41. The second-order valence-electron chi connectivity index (χ2n) is 5.11. The highest BCUT2D eigenvalue weighted by molar-refractivity contribution is 5.73. The Morgan fingerprint density at radius 3 is 2.45 bits per heavy atom. The molecule has 22 heavy (non-hydrogen) atoms. The van der Waals surface area contributed by atoms with Gasteiger partial charge in [-0.3, -0.25) is 0 Å². The zero-order valence-electron chi connectivity index (χ0n) is 13.9. The summed E-state index contributed by atoms with van der Waals surface area (Å²) < 4.78 is 10.3. The van der Waals surface area contributed by atoms with E-state index < -0.39 is 0 Å². The molecule has 1 atom stereocenters. The summed E-state index contributed by atoms with van der Waals surface area (Å²) >= 11 is 0. The van der Waals surface area contributed by atoms with E-state index in [1.165, 1.54) is 0 Å². The van der Waals surface area contributed by atoms with Crippen LogP contribution in [0.4, 0.5) is 4.79 Å². The molecule has 2 amide bonds. The number of nitrogens with one attached hydrogen (secondary N) is 2. The summed E-state index contributed by atoms with van der Waals surface area (Å²) in [5, 5.41) is 5.62. The average Bonchev–Trinajstić information content (AvgIpc) is 2.49. The monoisotopic (exact) mass is 309 g/mol. The molecule has 0 bridgehead atoms. The molecule has 0 spiro atoms. The number of nitrogens with zero attached hydrogens (tertiary/aromatic N) is 1. The van der Waals surface area contributed by atoms with Gasteiger partial charge in [0.2, 0.25) is 0 Å². The molecule has 0 saturated heterocycles. The highest BCUT2D eigenvalue weighted by atomic mass is 16.5. The van der Waals surface area contributed by atoms with Crippen LogP contribution in [0, 0.1) is 0 Å². The first kappa shape index (κ1) is 18.3. The minimum absolute atomic E-state index is 0.101. The summed E-state index contributed by atoms with van der Waals surface area (Å²) in [6.07, 6.45) is 0. The molecule has 2 N–H and O–H groups in total. The van der Waals surface area contributed by atoms with Gasteiger partial charge in [0, 0.05) is 20.2 Å². The number of ether oxygens (including phenoxy) is 2. The van der Waals surface area contributed by atoms with Gasteiger partial charge in [0.25, 0.3) is 0 Å². The van der Waals surface area contributed by atoms with Crippen molar-refractivity contribution in [3.63, 3.8) is 0 Å². The molecule has 0 aliphatic heterocycles. The smallest absolute Gasteiger partial charge is 0.314 e. The zero-order valence-corrected chi connectivity index (χ0v) is 13.9. The Kier molecular flexibility index (Phi) is 8.32. The number of carbonyl (C=O) groups is 1. The third kappa shape index (κ3) is 6.32. The molecule has 1 unspecified atom stereocenters. The zero-order chi connectivity index (χ0) is 16.4. The third-order valence-corrected chi connectivity index (χ3v) is 3.25. The van der Waals surface area contributed by atoms with Gasteiger partial charge < -0.3 is 25.0 Å². The molecule has 6 nitrogen and oxygen atoms in total. The van der Waals surface area contributed by atoms with E-state index >= 15 is 0 Å². The quantitative estimate of drug-likeness (QED) is 0.681. The molecular formula is C16H27N3O3. The molecule has 0 fully saturated rings. The van der Waals surface area contributed by atoms with Crippen molar-refractivity contribution in [2.45, 2.75) is 13.0 Å². The molecule has 1 aromatic rings. The normalized spacial score (nSPS) is 12.0. The highest BCUT2D eigenvalue weighted by Crippen LogP contribution is 2.20. The molecular weight excluding hydrogens is 282 g/mol. The summed E-state index contributed by atoms with van der Waals surface area (Å²) in [4.78, 5) is 13.8. The van der Waals surface area contributed by atoms with Crippen LogP contribution < -0.4 is 15.4 Å². The van der Waals surface area contributed by atoms with E-state index in [0.29, 0.717) is 26.3 Å². The number of rotatable bonds is 9. The number of benzene rings is 1. The van der Waals surface area contributed by atoms with Gasteiger partial charge in [0.1, 0.15) is 5.75 Å². The standard InChI is InChI=1S/C16H27N3O3/c1-5-22-14-8-6-13(7-9-14)15(19(2)3)12-18-16(20)17-10-11-21-4/h6-9,15H,5,10-12H2,1-4H3,(H2,17,18,20). The lowest BCUT2D eigenvalue weighted by Gasteiger charge is -2.25. The van der Waals surface area contributed by atoms with Crippen molar-refractivity contribution >= 4 is 6.03 Å². The van der Waals surface area contributed by atoms with E-state index in [0.717, 1.165) is 11.3 Å². The van der Waals surface area contributed by atoms with Gasteiger partial charge in [-0.2, -0.15) is 0 Å². The molecule has 6 heteroatoms. The molecule has 0 heterocycles. The minimum atomic E-state index is -0.185. The van der Waals surface area contributed by atoms with E-state index in [1.54, 1.807) is 7.11 Å². The van der Waals surface area contributed by atoms with Gasteiger partial charge in [-0.1, -0.05) is 12.1 Å². The molecule has 0 aliphatic rings. The molecule has 124 valence electrons. The Morgan fingerprint density at radius 2 is 1.91 bits per heavy atom. The van der Waals surface area contributed by atoms with Crippen LogP contribution in [0.3, 0.4) is 0 Å². The summed E-state index contributed by atoms with van der Waals surface area (Å²) in [5.74, 6) is 0.856. The summed E-state index contributed by atoms with van der Waals surface area (Å²) in [6.45, 7) is 4.14. The van der Waals surface area contributed by atoms with E-state index in [1.807, 2.05) is 45.3 Å². The van der Waals surface area contributed by atoms with Gasteiger partial charge in [-0.25, -0.2) is 4.79 Å². The summed E-state index contributed by atoms with van der Waals surface area (Å²) in [5.41, 5.74) is 1.13. The SMILES string of the molecule is CCOc1ccc(C(CNC(=O)NCCOC)N(C)C)cc1. The van der Waals surface area contributed by atoms with Crippen LogP contribution >= 0.6 is 0 Å². The van der Waals surface area contributed by atoms with Crippen LogP contribution in [0.25, 0.3) is 0 Å². The van der Waals surface area contributed by atoms with Crippen molar-refractivity contribution in [3.8, 4) is 5.75 Å². The maximum atomic E-state index is 11.7. The topological polar surface area (TPSA) is 62.8 Å². The molecule has 1 aromatic carbocycles. The number of methoxy groups -OCH3 is 1. The number of likely N-dealkylation sites (N-methyl/N-ethyl adjacent to an activating group) is 1. The van der Waals surface area contributed by atoms with Gasteiger partial charge in [-0.05, 0) is 38.7 Å². The van der Waals surface area contributed by atoms with Crippen molar-refractivity contribution in [1.29, 1.82) is 0 Å². The van der Waals surface area contributed by atoms with Crippen LogP contribution in [0.15, 0.2) is 24.3 Å². The number of hydrogen-bond donors (Lipinski definition) is 2. The van der Waals surface area contributed by atoms with Gasteiger partial charge in [-0.15, -0.1) is 0 Å². The number of carbonyl (C=O) groups excluding carboxylic acids is 1. The predicted octanol–water partition coefficient (Wildman–Crippen LogP) is 1.63. The van der Waals surface area contributed by atoms with Crippen molar-refractivity contribution in [2.24, 2.45) is 0 Å². The summed E-state index contributed by atoms with van der Waals surface area (Å²) in [7, 11) is 5.59. The van der Waals surface area contributed by atoms with E-state index in [-0.39, 0.29) is 12.1 Å². The lowest BCUT2D eigenvalue weighted by atomic mass is 10.1. The maximum Gasteiger partial charge on any atom is 0.314 e. The van der Waals surface area contributed by atoms with Gasteiger partial charge in [0.15, 0.2) is 0 Å². The van der Waals surface area contributed by atoms with Crippen LogP contribution in [0.1, 0.15) is 18.5 Å². The van der Waals surface area contributed by atoms with Gasteiger partial charge in [0.05, 0.1) is 19.3 Å². The minimum Gasteiger partial charge on any atom is -0.494 e. The largest absolute Gasteiger partial charge is 0.494 e. The fraction of sp³-hybridized carbons (Fsp3) is 0.562. The van der Waals surface area contributed by atoms with Crippen molar-refractivity contribution in [3.05, 3.63) is 29.8 Å². The van der Waals surface area contributed by atoms with Crippen LogP contribution in [-0.2, 0) is 4.74 Å². The molecule has 0 aromatic heterocycles. The number of urea groups is 1. The first-order valence-electron chi connectivity index (χ1n) is 7.48. The first-order chi connectivity index (χ1) is 10.6. The van der Waals surface area contributed by atoms with Crippen molar-refractivity contribution in [2.75, 3.05) is 47.5 Å². The fourth-order valence-corrected chi connectivity index (χ4v) is 2.07. The van der Waals surface area contributed by atoms with Gasteiger partial charge >= 0.3 is 6.03 Å². The Labute approximate surface area is 132 Å². The van der Waals surface area contributed by atoms with E-state index in [9.17, 15) is 4.79 Å². The molecule has 0 radical (unpaired) electrons. The maximum absolute atomic E-state index is 11.7. The first-order valence-corrected chi connectivity index (χ1v) is 7.48. The van der Waals surface area contributed by atoms with Crippen LogP contribution in [0.2, 0.25) is 0 Å². The van der Waals surface area contributed by atoms with Crippen LogP contribution in [-0.4, -0.2) is 58.4 Å². The Hall–Kier alpha value is -1.79.